The number of nitrogens with zero attached hydrogens (tertiary/aromatic N) is 5. The summed E-state index contributed by atoms with van der Waals surface area (Å²) in [6.45, 7) is 0. The van der Waals surface area contributed by atoms with Crippen LogP contribution in [-0.2, 0) is 12.8 Å². The van der Waals surface area contributed by atoms with E-state index in [-0.39, 0.29) is 0 Å². The first-order valence-corrected chi connectivity index (χ1v) is 6.96. The van der Waals surface area contributed by atoms with Crippen molar-refractivity contribution in [2.45, 2.75) is 12.8 Å². The molecule has 21 heavy (non-hydrogen) atoms. The van der Waals surface area contributed by atoms with E-state index in [1.807, 2.05) is 18.5 Å². The summed E-state index contributed by atoms with van der Waals surface area (Å²) in [4.78, 5) is 21.6. The average molecular weight is 296 g/mol. The lowest BCUT2D eigenvalue weighted by molar-refractivity contribution is 0.863. The molecule has 0 aromatic carbocycles. The summed E-state index contributed by atoms with van der Waals surface area (Å²) in [5.74, 6) is 0.634. The molecule has 3 aromatic rings. The maximum atomic E-state index is 5.81. The minimum Gasteiger partial charge on any atom is -0.244 e. The van der Waals surface area contributed by atoms with Gasteiger partial charge in [0, 0.05) is 29.7 Å². The summed E-state index contributed by atoms with van der Waals surface area (Å²) in [6.07, 6.45) is 8.75. The van der Waals surface area contributed by atoms with Crippen molar-refractivity contribution in [3.63, 3.8) is 0 Å². The van der Waals surface area contributed by atoms with Gasteiger partial charge in [-0.25, -0.2) is 24.9 Å². The van der Waals surface area contributed by atoms with Crippen molar-refractivity contribution in [1.82, 2.24) is 24.9 Å². The number of fused-ring (bicyclic) bond motifs is 3. The molecule has 5 nitrogen and oxygen atoms in total. The molecule has 0 atom stereocenters. The Morgan fingerprint density at radius 2 is 1.90 bits per heavy atom. The monoisotopic (exact) mass is 295 g/mol. The van der Waals surface area contributed by atoms with Crippen molar-refractivity contribution >= 4 is 11.6 Å². The molecule has 0 saturated heterocycles. The third-order valence-electron chi connectivity index (χ3n) is 3.53. The summed E-state index contributed by atoms with van der Waals surface area (Å²) >= 11 is 5.81. The Hall–Kier alpha value is -2.40. The van der Waals surface area contributed by atoms with Gasteiger partial charge in [-0.2, -0.15) is 0 Å². The second kappa shape index (κ2) is 4.86. The molecule has 1 aliphatic rings. The molecule has 102 valence electrons. The Kier molecular flexibility index (Phi) is 2.86. The number of halogens is 1. The number of rotatable bonds is 1. The highest BCUT2D eigenvalue weighted by molar-refractivity contribution is 6.29. The maximum Gasteiger partial charge on any atom is 0.161 e. The standard InChI is InChI=1S/C15H10ClN5/c16-13-4-2-10(6-18-13)15-19-5-9-1-3-12-11(14(9)21-15)7-17-8-20-12/h2,4-8H,1,3H2. The van der Waals surface area contributed by atoms with Crippen LogP contribution in [0.5, 0.6) is 0 Å². The zero-order valence-electron chi connectivity index (χ0n) is 11.0. The summed E-state index contributed by atoms with van der Waals surface area (Å²) in [7, 11) is 0. The second-order valence-corrected chi connectivity index (χ2v) is 5.21. The van der Waals surface area contributed by atoms with E-state index in [1.165, 1.54) is 0 Å². The minimum atomic E-state index is 0.454. The van der Waals surface area contributed by atoms with E-state index in [0.717, 1.165) is 40.9 Å². The van der Waals surface area contributed by atoms with Gasteiger partial charge in [0.2, 0.25) is 0 Å². The Labute approximate surface area is 126 Å². The van der Waals surface area contributed by atoms with E-state index in [9.17, 15) is 0 Å². The molecule has 4 rings (SSSR count). The van der Waals surface area contributed by atoms with Gasteiger partial charge >= 0.3 is 0 Å². The fraction of sp³-hybridized carbons (Fsp3) is 0.133. The molecule has 3 aromatic heterocycles. The molecule has 3 heterocycles. The van der Waals surface area contributed by atoms with Crippen molar-refractivity contribution in [3.8, 4) is 22.6 Å². The van der Waals surface area contributed by atoms with Crippen molar-refractivity contribution in [1.29, 1.82) is 0 Å². The number of aryl methyl sites for hydroxylation is 2. The first-order valence-electron chi connectivity index (χ1n) is 6.58. The van der Waals surface area contributed by atoms with Crippen LogP contribution in [-0.4, -0.2) is 24.9 Å². The highest BCUT2D eigenvalue weighted by atomic mass is 35.5. The van der Waals surface area contributed by atoms with Gasteiger partial charge in [0.25, 0.3) is 0 Å². The van der Waals surface area contributed by atoms with Crippen molar-refractivity contribution in [3.05, 3.63) is 53.5 Å². The van der Waals surface area contributed by atoms with Crippen LogP contribution in [0.25, 0.3) is 22.6 Å². The van der Waals surface area contributed by atoms with E-state index >= 15 is 0 Å². The number of hydrogen-bond acceptors (Lipinski definition) is 5. The van der Waals surface area contributed by atoms with Crippen molar-refractivity contribution < 1.29 is 0 Å². The van der Waals surface area contributed by atoms with E-state index in [4.69, 9.17) is 11.6 Å². The second-order valence-electron chi connectivity index (χ2n) is 4.82. The van der Waals surface area contributed by atoms with Crippen LogP contribution in [0.2, 0.25) is 5.15 Å². The van der Waals surface area contributed by atoms with E-state index in [2.05, 4.69) is 24.9 Å². The fourth-order valence-corrected chi connectivity index (χ4v) is 2.59. The molecule has 0 fully saturated rings. The van der Waals surface area contributed by atoms with Gasteiger partial charge in [-0.05, 0) is 30.5 Å². The number of hydrogen-bond donors (Lipinski definition) is 0. The van der Waals surface area contributed by atoms with Gasteiger partial charge in [-0.15, -0.1) is 0 Å². The third kappa shape index (κ3) is 2.15. The Morgan fingerprint density at radius 1 is 0.952 bits per heavy atom. The van der Waals surface area contributed by atoms with Crippen molar-refractivity contribution in [2.75, 3.05) is 0 Å². The van der Waals surface area contributed by atoms with Crippen molar-refractivity contribution in [2.24, 2.45) is 0 Å². The molecular formula is C15H10ClN5. The fourth-order valence-electron chi connectivity index (χ4n) is 2.48. The Bertz CT molecular complexity index is 817. The third-order valence-corrected chi connectivity index (χ3v) is 3.75. The van der Waals surface area contributed by atoms with Crippen LogP contribution in [0.4, 0.5) is 0 Å². The average Bonchev–Trinajstić information content (AvgIpc) is 2.55. The predicted octanol–water partition coefficient (Wildman–Crippen LogP) is 2.75. The van der Waals surface area contributed by atoms with E-state index < -0.39 is 0 Å². The first-order chi connectivity index (χ1) is 10.3. The molecule has 0 radical (unpaired) electrons. The topological polar surface area (TPSA) is 64.5 Å². The molecule has 0 bridgehead atoms. The van der Waals surface area contributed by atoms with E-state index in [0.29, 0.717) is 11.0 Å². The molecule has 1 aliphatic carbocycles. The molecular weight excluding hydrogens is 286 g/mol. The molecule has 0 amide bonds. The van der Waals surface area contributed by atoms with Crippen LogP contribution in [0.3, 0.4) is 0 Å². The summed E-state index contributed by atoms with van der Waals surface area (Å²) in [5, 5.41) is 0.454. The van der Waals surface area contributed by atoms with Crippen LogP contribution in [0.15, 0.2) is 37.1 Å². The first kappa shape index (κ1) is 12.3. The SMILES string of the molecule is Clc1ccc(-c2ncc3c(n2)-c2cncnc2CC3)cn1. The van der Waals surface area contributed by atoms with Gasteiger partial charge < -0.3 is 0 Å². The lowest BCUT2D eigenvalue weighted by Gasteiger charge is -2.17. The van der Waals surface area contributed by atoms with Crippen LogP contribution < -0.4 is 0 Å². The smallest absolute Gasteiger partial charge is 0.161 e. The van der Waals surface area contributed by atoms with Crippen LogP contribution in [0.1, 0.15) is 11.3 Å². The van der Waals surface area contributed by atoms with Gasteiger partial charge in [0.05, 0.1) is 11.4 Å². The highest BCUT2D eigenvalue weighted by Gasteiger charge is 2.20. The zero-order valence-corrected chi connectivity index (χ0v) is 11.7. The maximum absolute atomic E-state index is 5.81. The summed E-state index contributed by atoms with van der Waals surface area (Å²) < 4.78 is 0. The van der Waals surface area contributed by atoms with Gasteiger partial charge in [-0.1, -0.05) is 11.6 Å². The number of pyridine rings is 1. The minimum absolute atomic E-state index is 0.454. The van der Waals surface area contributed by atoms with Gasteiger partial charge in [-0.3, -0.25) is 0 Å². The zero-order chi connectivity index (χ0) is 14.2. The molecule has 0 saturated carbocycles. The quantitative estimate of drug-likeness (QED) is 0.646. The predicted molar refractivity (Wildman–Crippen MR) is 78.7 cm³/mol. The van der Waals surface area contributed by atoms with Gasteiger partial charge in [0.1, 0.15) is 11.5 Å². The summed E-state index contributed by atoms with van der Waals surface area (Å²) in [6, 6.07) is 3.60. The molecule has 0 aliphatic heterocycles. The van der Waals surface area contributed by atoms with Gasteiger partial charge in [0.15, 0.2) is 5.82 Å². The molecule has 6 heteroatoms. The lowest BCUT2D eigenvalue weighted by Crippen LogP contribution is -2.09. The number of aromatic nitrogens is 5. The molecule has 0 N–H and O–H groups in total. The summed E-state index contributed by atoms with van der Waals surface area (Å²) in [5.41, 5.74) is 4.91. The van der Waals surface area contributed by atoms with Crippen LogP contribution in [0, 0.1) is 0 Å². The van der Waals surface area contributed by atoms with Crippen LogP contribution >= 0.6 is 11.6 Å². The largest absolute Gasteiger partial charge is 0.244 e. The molecule has 0 spiro atoms. The molecule has 0 unspecified atom stereocenters. The normalized spacial score (nSPS) is 12.6. The Morgan fingerprint density at radius 3 is 2.76 bits per heavy atom. The Balaban J connectivity index is 1.86. The lowest BCUT2D eigenvalue weighted by atomic mass is 9.94. The highest BCUT2D eigenvalue weighted by Crippen LogP contribution is 2.31. The van der Waals surface area contributed by atoms with E-state index in [1.54, 1.807) is 18.6 Å².